The Morgan fingerprint density at radius 1 is 1.11 bits per heavy atom. The second-order valence-corrected chi connectivity index (χ2v) is 6.03. The summed E-state index contributed by atoms with van der Waals surface area (Å²) >= 11 is 0. The van der Waals surface area contributed by atoms with Crippen molar-refractivity contribution in [1.29, 1.82) is 0 Å². The Morgan fingerprint density at radius 3 is 2.63 bits per heavy atom. The standard InChI is InChI=1S/C18H11F3N4O2/c19-18(20,21)9-4-5-14-11(6-9)16(26)25(17(27)24-14)15-8-23-7-12-10(15)2-1-3-13(12)22/h1-9H,22H2. The molecule has 2 aromatic rings. The van der Waals surface area contributed by atoms with Crippen LogP contribution in [0.1, 0.15) is 0 Å². The summed E-state index contributed by atoms with van der Waals surface area (Å²) in [6.07, 6.45) is 0.881. The van der Waals surface area contributed by atoms with Crippen molar-refractivity contribution in [3.8, 4) is 0 Å². The second kappa shape index (κ2) is 5.76. The summed E-state index contributed by atoms with van der Waals surface area (Å²) in [5.74, 6) is -2.81. The van der Waals surface area contributed by atoms with Crippen molar-refractivity contribution < 1.29 is 22.8 Å². The molecular formula is C18H11F3N4O2. The molecule has 1 aromatic carbocycles. The van der Waals surface area contributed by atoms with Crippen LogP contribution in [0.25, 0.3) is 10.8 Å². The number of fused-ring (bicyclic) bond motifs is 2. The summed E-state index contributed by atoms with van der Waals surface area (Å²) in [5, 5.41) is 0.973. The molecule has 1 unspecified atom stereocenters. The predicted octanol–water partition coefficient (Wildman–Crippen LogP) is 3.40. The fourth-order valence-corrected chi connectivity index (χ4v) is 3.04. The summed E-state index contributed by atoms with van der Waals surface area (Å²) in [4.78, 5) is 33.8. The zero-order valence-electron chi connectivity index (χ0n) is 13.6. The van der Waals surface area contributed by atoms with Gasteiger partial charge in [0.05, 0.1) is 29.1 Å². The third kappa shape index (κ3) is 2.67. The first-order valence-electron chi connectivity index (χ1n) is 7.84. The monoisotopic (exact) mass is 372 g/mol. The number of hydrogen-bond donors (Lipinski definition) is 1. The lowest BCUT2D eigenvalue weighted by molar-refractivity contribution is -0.149. The van der Waals surface area contributed by atoms with Gasteiger partial charge >= 0.3 is 12.2 Å². The van der Waals surface area contributed by atoms with E-state index in [9.17, 15) is 22.8 Å². The van der Waals surface area contributed by atoms with Gasteiger partial charge in [-0.2, -0.15) is 18.2 Å². The molecule has 2 N–H and O–H groups in total. The van der Waals surface area contributed by atoms with E-state index >= 15 is 0 Å². The fraction of sp³-hybridized carbons (Fsp3) is 0.111. The van der Waals surface area contributed by atoms with E-state index < -0.39 is 24.0 Å². The highest BCUT2D eigenvalue weighted by molar-refractivity contribution is 6.41. The number of aromatic nitrogens is 1. The Kier molecular flexibility index (Phi) is 3.62. The largest absolute Gasteiger partial charge is 0.398 e. The van der Waals surface area contributed by atoms with Gasteiger partial charge in [-0.05, 0) is 12.1 Å². The van der Waals surface area contributed by atoms with Gasteiger partial charge < -0.3 is 5.73 Å². The van der Waals surface area contributed by atoms with Crippen LogP contribution in [0.4, 0.5) is 29.3 Å². The molecule has 0 radical (unpaired) electrons. The van der Waals surface area contributed by atoms with Crippen LogP contribution >= 0.6 is 0 Å². The predicted molar refractivity (Wildman–Crippen MR) is 93.2 cm³/mol. The highest BCUT2D eigenvalue weighted by atomic mass is 19.4. The number of nitrogens with zero attached hydrogens (tertiary/aromatic N) is 3. The number of rotatable bonds is 1. The molecule has 136 valence electrons. The molecule has 0 bridgehead atoms. The summed E-state index contributed by atoms with van der Waals surface area (Å²) in [5.41, 5.74) is 6.03. The molecule has 9 heteroatoms. The van der Waals surface area contributed by atoms with E-state index in [1.165, 1.54) is 12.4 Å². The summed E-state index contributed by atoms with van der Waals surface area (Å²) in [6.45, 7) is 0. The Balaban J connectivity index is 1.86. The number of anilines is 2. The number of alkyl halides is 3. The minimum absolute atomic E-state index is 0.0885. The van der Waals surface area contributed by atoms with Crippen molar-refractivity contribution >= 4 is 39.8 Å². The van der Waals surface area contributed by atoms with Crippen LogP contribution in [-0.4, -0.2) is 28.8 Å². The maximum absolute atomic E-state index is 13.0. The maximum atomic E-state index is 13.0. The van der Waals surface area contributed by atoms with Crippen molar-refractivity contribution in [3.63, 3.8) is 0 Å². The number of aliphatic imine (C=N–C) groups is 1. The molecule has 0 fully saturated rings. The lowest BCUT2D eigenvalue weighted by atomic mass is 9.93. The summed E-state index contributed by atoms with van der Waals surface area (Å²) in [7, 11) is 0. The summed E-state index contributed by atoms with van der Waals surface area (Å²) in [6, 6.07) is 4.00. The number of pyridine rings is 1. The maximum Gasteiger partial charge on any atom is 0.398 e. The number of urea groups is 1. The zero-order chi connectivity index (χ0) is 19.3. The molecule has 6 nitrogen and oxygen atoms in total. The van der Waals surface area contributed by atoms with Crippen molar-refractivity contribution in [2.24, 2.45) is 10.9 Å². The number of nitrogens with two attached hydrogens (primary N) is 1. The molecule has 3 amide bonds. The van der Waals surface area contributed by atoms with E-state index in [1.807, 2.05) is 0 Å². The highest BCUT2D eigenvalue weighted by Gasteiger charge is 2.42. The third-order valence-corrected chi connectivity index (χ3v) is 4.36. The van der Waals surface area contributed by atoms with Crippen LogP contribution in [0.2, 0.25) is 0 Å². The van der Waals surface area contributed by atoms with Crippen molar-refractivity contribution in [2.45, 2.75) is 6.18 Å². The van der Waals surface area contributed by atoms with Gasteiger partial charge in [0, 0.05) is 22.7 Å². The lowest BCUT2D eigenvalue weighted by Gasteiger charge is -2.28. The molecule has 1 aromatic heterocycles. The van der Waals surface area contributed by atoms with Gasteiger partial charge in [0.25, 0.3) is 5.91 Å². The van der Waals surface area contributed by atoms with E-state index in [0.717, 1.165) is 23.1 Å². The molecule has 2 aliphatic rings. The first-order valence-corrected chi connectivity index (χ1v) is 7.84. The van der Waals surface area contributed by atoms with E-state index in [1.54, 1.807) is 18.2 Å². The number of carbonyl (C=O) groups excluding carboxylic acids is 2. The van der Waals surface area contributed by atoms with Gasteiger partial charge in [-0.25, -0.2) is 9.69 Å². The van der Waals surface area contributed by atoms with Crippen LogP contribution < -0.4 is 10.6 Å². The topological polar surface area (TPSA) is 88.6 Å². The van der Waals surface area contributed by atoms with Gasteiger partial charge in [0.15, 0.2) is 0 Å². The number of amides is 3. The Hall–Kier alpha value is -3.49. The molecule has 1 aliphatic carbocycles. The third-order valence-electron chi connectivity index (χ3n) is 4.36. The minimum atomic E-state index is -4.54. The number of allylic oxidation sites excluding steroid dienone is 3. The smallest absolute Gasteiger partial charge is 0.398 e. The van der Waals surface area contributed by atoms with Crippen molar-refractivity contribution in [1.82, 2.24) is 4.98 Å². The van der Waals surface area contributed by atoms with E-state index in [2.05, 4.69) is 9.98 Å². The van der Waals surface area contributed by atoms with Crippen LogP contribution in [0.15, 0.2) is 59.4 Å². The van der Waals surface area contributed by atoms with Gasteiger partial charge in [-0.15, -0.1) is 0 Å². The van der Waals surface area contributed by atoms with Gasteiger partial charge in [0.2, 0.25) is 0 Å². The highest BCUT2D eigenvalue weighted by Crippen LogP contribution is 2.36. The molecule has 1 atom stereocenters. The van der Waals surface area contributed by atoms with Crippen molar-refractivity contribution in [2.75, 3.05) is 10.6 Å². The van der Waals surface area contributed by atoms with E-state index in [0.29, 0.717) is 16.5 Å². The number of benzene rings is 1. The number of nitrogen functional groups attached to an aromatic ring is 1. The molecule has 1 aliphatic heterocycles. The fourth-order valence-electron chi connectivity index (χ4n) is 3.04. The molecule has 4 rings (SSSR count). The number of halogens is 3. The molecule has 0 saturated heterocycles. The molecule has 0 saturated carbocycles. The number of imide groups is 1. The van der Waals surface area contributed by atoms with Gasteiger partial charge in [-0.3, -0.25) is 9.78 Å². The average Bonchev–Trinajstić information content (AvgIpc) is 2.61. The Bertz CT molecular complexity index is 1090. The Morgan fingerprint density at radius 2 is 1.89 bits per heavy atom. The normalized spacial score (nSPS) is 19.8. The quantitative estimate of drug-likeness (QED) is 0.777. The Labute approximate surface area is 150 Å². The number of hydrogen-bond acceptors (Lipinski definition) is 4. The van der Waals surface area contributed by atoms with Crippen LogP contribution in [0, 0.1) is 5.92 Å². The minimum Gasteiger partial charge on any atom is -0.398 e. The molecule has 27 heavy (non-hydrogen) atoms. The van der Waals surface area contributed by atoms with Crippen LogP contribution in [0.3, 0.4) is 0 Å². The van der Waals surface area contributed by atoms with Crippen molar-refractivity contribution in [3.05, 3.63) is 54.4 Å². The van der Waals surface area contributed by atoms with Gasteiger partial charge in [-0.1, -0.05) is 24.3 Å². The average molecular weight is 372 g/mol. The summed E-state index contributed by atoms with van der Waals surface area (Å²) < 4.78 is 39.1. The van der Waals surface area contributed by atoms with E-state index in [4.69, 9.17) is 5.73 Å². The van der Waals surface area contributed by atoms with E-state index in [-0.39, 0.29) is 17.0 Å². The zero-order valence-corrected chi connectivity index (χ0v) is 13.6. The van der Waals surface area contributed by atoms with Gasteiger partial charge in [0.1, 0.15) is 0 Å². The van der Waals surface area contributed by atoms with Crippen LogP contribution in [-0.2, 0) is 4.79 Å². The SMILES string of the molecule is Nc1cccc2c(N3C(=O)N=C4C=CC(C(F)(F)F)C=C4C3=O)cncc12. The number of carbonyl (C=O) groups is 2. The first-order chi connectivity index (χ1) is 12.8. The first kappa shape index (κ1) is 17.0. The molecule has 2 heterocycles. The molecular weight excluding hydrogens is 361 g/mol. The second-order valence-electron chi connectivity index (χ2n) is 6.03. The lowest BCUT2D eigenvalue weighted by Crippen LogP contribution is -2.43. The van der Waals surface area contributed by atoms with Crippen LogP contribution in [0.5, 0.6) is 0 Å². The molecule has 0 spiro atoms.